The Morgan fingerprint density at radius 2 is 2.11 bits per heavy atom. The van der Waals surface area contributed by atoms with E-state index >= 15 is 0 Å². The molecule has 1 aliphatic rings. The molecule has 1 heterocycles. The standard InChI is InChI=1S/C15H23N3.ClH/c1-10(2)14-9-13(16-4)7-12(11(14)3)8-15-17-5-6-18-15;/h7,9-10,16H,5-6,8H2,1-4H3,(H,17,18);1H. The van der Waals surface area contributed by atoms with Gasteiger partial charge < -0.3 is 10.6 Å². The zero-order valence-electron chi connectivity index (χ0n) is 12.2. The molecule has 1 aliphatic heterocycles. The minimum atomic E-state index is 0. The maximum atomic E-state index is 4.49. The van der Waals surface area contributed by atoms with Gasteiger partial charge in [-0.2, -0.15) is 0 Å². The van der Waals surface area contributed by atoms with Crippen LogP contribution in [0, 0.1) is 6.92 Å². The molecule has 0 atom stereocenters. The van der Waals surface area contributed by atoms with Gasteiger partial charge >= 0.3 is 0 Å². The van der Waals surface area contributed by atoms with Crippen molar-refractivity contribution in [3.63, 3.8) is 0 Å². The van der Waals surface area contributed by atoms with Crippen molar-refractivity contribution >= 4 is 23.9 Å². The lowest BCUT2D eigenvalue weighted by atomic mass is 9.92. The van der Waals surface area contributed by atoms with E-state index < -0.39 is 0 Å². The normalized spacial score (nSPS) is 13.8. The molecule has 0 aromatic heterocycles. The minimum Gasteiger partial charge on any atom is -0.388 e. The van der Waals surface area contributed by atoms with Gasteiger partial charge in [-0.15, -0.1) is 12.4 Å². The highest BCUT2D eigenvalue weighted by Crippen LogP contribution is 2.27. The molecule has 0 saturated carbocycles. The van der Waals surface area contributed by atoms with E-state index in [4.69, 9.17) is 0 Å². The van der Waals surface area contributed by atoms with Crippen LogP contribution >= 0.6 is 12.4 Å². The first kappa shape index (κ1) is 15.8. The molecule has 2 N–H and O–H groups in total. The van der Waals surface area contributed by atoms with E-state index in [1.165, 1.54) is 22.4 Å². The van der Waals surface area contributed by atoms with Gasteiger partial charge in [0, 0.05) is 25.7 Å². The number of amidine groups is 1. The van der Waals surface area contributed by atoms with Crippen LogP contribution in [0.2, 0.25) is 0 Å². The van der Waals surface area contributed by atoms with Crippen LogP contribution < -0.4 is 10.6 Å². The fourth-order valence-corrected chi connectivity index (χ4v) is 2.47. The first-order valence-corrected chi connectivity index (χ1v) is 6.70. The highest BCUT2D eigenvalue weighted by Gasteiger charge is 2.13. The number of anilines is 1. The lowest BCUT2D eigenvalue weighted by Crippen LogP contribution is -2.21. The van der Waals surface area contributed by atoms with Crippen molar-refractivity contribution in [1.29, 1.82) is 0 Å². The van der Waals surface area contributed by atoms with Gasteiger partial charge in [-0.25, -0.2) is 0 Å². The molecule has 3 nitrogen and oxygen atoms in total. The van der Waals surface area contributed by atoms with E-state index in [2.05, 4.69) is 48.5 Å². The third-order valence-electron chi connectivity index (χ3n) is 3.57. The molecule has 4 heteroatoms. The van der Waals surface area contributed by atoms with E-state index in [1.807, 2.05) is 7.05 Å². The Labute approximate surface area is 122 Å². The first-order chi connectivity index (χ1) is 8.61. The summed E-state index contributed by atoms with van der Waals surface area (Å²) in [5.74, 6) is 1.68. The highest BCUT2D eigenvalue weighted by atomic mass is 35.5. The zero-order valence-corrected chi connectivity index (χ0v) is 13.0. The summed E-state index contributed by atoms with van der Waals surface area (Å²) in [5, 5.41) is 6.60. The van der Waals surface area contributed by atoms with Crippen molar-refractivity contribution in [2.24, 2.45) is 4.99 Å². The molecule has 0 bridgehead atoms. The number of nitrogens with zero attached hydrogens (tertiary/aromatic N) is 1. The van der Waals surface area contributed by atoms with Gasteiger partial charge in [-0.05, 0) is 41.7 Å². The molecule has 0 aliphatic carbocycles. The molecular formula is C15H24ClN3. The molecule has 0 spiro atoms. The predicted octanol–water partition coefficient (Wildman–Crippen LogP) is 3.13. The lowest BCUT2D eigenvalue weighted by Gasteiger charge is -2.17. The number of hydrogen-bond donors (Lipinski definition) is 2. The molecule has 2 rings (SSSR count). The van der Waals surface area contributed by atoms with Crippen LogP contribution in [-0.2, 0) is 6.42 Å². The average molecular weight is 282 g/mol. The summed E-state index contributed by atoms with van der Waals surface area (Å²) < 4.78 is 0. The van der Waals surface area contributed by atoms with E-state index in [9.17, 15) is 0 Å². The average Bonchev–Trinajstić information content (AvgIpc) is 2.84. The van der Waals surface area contributed by atoms with Gasteiger partial charge in [-0.3, -0.25) is 4.99 Å². The van der Waals surface area contributed by atoms with Crippen LogP contribution in [0.5, 0.6) is 0 Å². The Hall–Kier alpha value is -1.22. The quantitative estimate of drug-likeness (QED) is 0.890. The monoisotopic (exact) mass is 281 g/mol. The number of nitrogens with one attached hydrogen (secondary N) is 2. The van der Waals surface area contributed by atoms with Gasteiger partial charge in [-0.1, -0.05) is 13.8 Å². The molecule has 1 aromatic rings. The molecule has 0 radical (unpaired) electrons. The molecule has 106 valence electrons. The van der Waals surface area contributed by atoms with Gasteiger partial charge in [0.05, 0.1) is 6.54 Å². The molecule has 1 aromatic carbocycles. The summed E-state index contributed by atoms with van der Waals surface area (Å²) >= 11 is 0. The van der Waals surface area contributed by atoms with Crippen molar-refractivity contribution in [2.45, 2.75) is 33.1 Å². The lowest BCUT2D eigenvalue weighted by molar-refractivity contribution is 0.852. The second-order valence-corrected chi connectivity index (χ2v) is 5.19. The van der Waals surface area contributed by atoms with Crippen LogP contribution in [0.3, 0.4) is 0 Å². The maximum Gasteiger partial charge on any atom is 0.101 e. The third kappa shape index (κ3) is 3.63. The second kappa shape index (κ2) is 6.80. The Kier molecular flexibility index (Phi) is 5.67. The van der Waals surface area contributed by atoms with Crippen molar-refractivity contribution in [3.8, 4) is 0 Å². The predicted molar refractivity (Wildman–Crippen MR) is 86.1 cm³/mol. The fourth-order valence-electron chi connectivity index (χ4n) is 2.47. The zero-order chi connectivity index (χ0) is 13.1. The van der Waals surface area contributed by atoms with Gasteiger partial charge in [0.15, 0.2) is 0 Å². The molecule has 0 amide bonds. The van der Waals surface area contributed by atoms with Gasteiger partial charge in [0.25, 0.3) is 0 Å². The number of aliphatic imine (C=N–C) groups is 1. The Morgan fingerprint density at radius 1 is 1.37 bits per heavy atom. The fraction of sp³-hybridized carbons (Fsp3) is 0.533. The van der Waals surface area contributed by atoms with Crippen LogP contribution in [0.15, 0.2) is 17.1 Å². The summed E-state index contributed by atoms with van der Waals surface area (Å²) in [4.78, 5) is 4.49. The summed E-state index contributed by atoms with van der Waals surface area (Å²) in [7, 11) is 1.98. The van der Waals surface area contributed by atoms with Crippen LogP contribution in [-0.4, -0.2) is 26.0 Å². The number of rotatable bonds is 4. The van der Waals surface area contributed by atoms with Crippen molar-refractivity contribution in [1.82, 2.24) is 5.32 Å². The van der Waals surface area contributed by atoms with Gasteiger partial charge in [0.2, 0.25) is 0 Å². The summed E-state index contributed by atoms with van der Waals surface area (Å²) in [6.45, 7) is 8.61. The smallest absolute Gasteiger partial charge is 0.101 e. The number of benzene rings is 1. The van der Waals surface area contributed by atoms with Crippen LogP contribution in [0.4, 0.5) is 5.69 Å². The van der Waals surface area contributed by atoms with E-state index in [-0.39, 0.29) is 12.4 Å². The SMILES string of the molecule is CNc1cc(CC2=NCCN2)c(C)c(C(C)C)c1.Cl. The van der Waals surface area contributed by atoms with E-state index in [1.54, 1.807) is 0 Å². The largest absolute Gasteiger partial charge is 0.388 e. The Bertz CT molecular complexity index is 467. The Balaban J connectivity index is 0.00000180. The van der Waals surface area contributed by atoms with E-state index in [0.29, 0.717) is 5.92 Å². The molecule has 0 unspecified atom stereocenters. The number of hydrogen-bond acceptors (Lipinski definition) is 3. The van der Waals surface area contributed by atoms with Gasteiger partial charge in [0.1, 0.15) is 5.84 Å². The second-order valence-electron chi connectivity index (χ2n) is 5.19. The van der Waals surface area contributed by atoms with Crippen LogP contribution in [0.25, 0.3) is 0 Å². The topological polar surface area (TPSA) is 36.4 Å². The van der Waals surface area contributed by atoms with Crippen molar-refractivity contribution in [2.75, 3.05) is 25.5 Å². The first-order valence-electron chi connectivity index (χ1n) is 6.70. The van der Waals surface area contributed by atoms with Crippen molar-refractivity contribution in [3.05, 3.63) is 28.8 Å². The van der Waals surface area contributed by atoms with E-state index in [0.717, 1.165) is 25.3 Å². The number of halogens is 1. The van der Waals surface area contributed by atoms with Crippen molar-refractivity contribution < 1.29 is 0 Å². The highest BCUT2D eigenvalue weighted by molar-refractivity contribution is 5.86. The minimum absolute atomic E-state index is 0. The molecule has 19 heavy (non-hydrogen) atoms. The third-order valence-corrected chi connectivity index (χ3v) is 3.57. The molecular weight excluding hydrogens is 258 g/mol. The Morgan fingerprint density at radius 3 is 2.63 bits per heavy atom. The van der Waals surface area contributed by atoms with Crippen LogP contribution in [0.1, 0.15) is 36.5 Å². The summed E-state index contributed by atoms with van der Waals surface area (Å²) in [6, 6.07) is 4.50. The summed E-state index contributed by atoms with van der Waals surface area (Å²) in [5.41, 5.74) is 5.40. The molecule has 0 fully saturated rings. The molecule has 0 saturated heterocycles. The maximum absolute atomic E-state index is 4.49. The summed E-state index contributed by atoms with van der Waals surface area (Å²) in [6.07, 6.45) is 0.918.